The van der Waals surface area contributed by atoms with Gasteiger partial charge in [-0.25, -0.2) is 8.42 Å². The molecule has 0 bridgehead atoms. The number of nitrogens with one attached hydrogen (secondary N) is 1. The number of carbonyl (C=O) groups is 1. The summed E-state index contributed by atoms with van der Waals surface area (Å²) in [5.41, 5.74) is 3.08. The van der Waals surface area contributed by atoms with Gasteiger partial charge in [0.15, 0.2) is 4.75 Å². The van der Waals surface area contributed by atoms with Crippen LogP contribution < -0.4 is 14.4 Å². The van der Waals surface area contributed by atoms with Crippen molar-refractivity contribution in [3.63, 3.8) is 0 Å². The van der Waals surface area contributed by atoms with Gasteiger partial charge in [-0.15, -0.1) is 0 Å². The summed E-state index contributed by atoms with van der Waals surface area (Å²) in [5.74, 6) is 2.13. The first kappa shape index (κ1) is 19.8. The Labute approximate surface area is 181 Å². The van der Waals surface area contributed by atoms with Crippen LogP contribution in [0, 0.1) is 19.8 Å². The molecule has 6 nitrogen and oxygen atoms in total. The summed E-state index contributed by atoms with van der Waals surface area (Å²) in [6.07, 6.45) is 0.629. The fourth-order valence-electron chi connectivity index (χ4n) is 4.46. The number of hydrogen-bond acceptors (Lipinski definition) is 5. The van der Waals surface area contributed by atoms with E-state index >= 15 is 0 Å². The zero-order valence-corrected chi connectivity index (χ0v) is 18.6. The van der Waals surface area contributed by atoms with Gasteiger partial charge in [0, 0.05) is 29.7 Å². The molecule has 2 heterocycles. The Hall–Kier alpha value is -2.19. The normalized spacial score (nSPS) is 26.6. The Balaban J connectivity index is 1.35. The maximum Gasteiger partial charge on any atom is 0.250 e. The Kier molecular flexibility index (Phi) is 4.56. The highest BCUT2D eigenvalue weighted by atomic mass is 32.2. The van der Waals surface area contributed by atoms with Gasteiger partial charge in [0.05, 0.1) is 5.69 Å². The van der Waals surface area contributed by atoms with E-state index < -0.39 is 20.7 Å². The van der Waals surface area contributed by atoms with Crippen LogP contribution in [0.1, 0.15) is 17.5 Å². The Morgan fingerprint density at radius 1 is 1.13 bits per heavy atom. The van der Waals surface area contributed by atoms with Crippen LogP contribution >= 0.6 is 11.8 Å². The molecule has 1 saturated carbocycles. The minimum Gasteiger partial charge on any atom is -0.489 e. The average Bonchev–Trinajstić information content (AvgIpc) is 3.36. The monoisotopic (exact) mass is 444 g/mol. The van der Waals surface area contributed by atoms with Gasteiger partial charge in [-0.3, -0.25) is 9.10 Å². The molecule has 0 unspecified atom stereocenters. The van der Waals surface area contributed by atoms with E-state index in [1.807, 2.05) is 55.9 Å². The number of hydrogen-bond donors (Lipinski definition) is 1. The SMILES string of the molecule is Cc1cccc(C)c1N1C[C@@H]2C[C@@]2(C(=O)Nc2ccc(OC3CSC3)cc2)S1(=O)=O. The summed E-state index contributed by atoms with van der Waals surface area (Å²) in [6.45, 7) is 4.16. The van der Waals surface area contributed by atoms with E-state index in [0.29, 0.717) is 24.3 Å². The second-order valence-electron chi connectivity index (χ2n) is 8.32. The molecule has 3 aliphatic rings. The summed E-state index contributed by atoms with van der Waals surface area (Å²) < 4.78 is 32.8. The quantitative estimate of drug-likeness (QED) is 0.766. The number of benzene rings is 2. The van der Waals surface area contributed by atoms with Crippen molar-refractivity contribution in [1.29, 1.82) is 0 Å². The van der Waals surface area contributed by atoms with Crippen molar-refractivity contribution in [2.45, 2.75) is 31.1 Å². The molecule has 2 aromatic rings. The molecule has 2 aromatic carbocycles. The van der Waals surface area contributed by atoms with E-state index in [9.17, 15) is 13.2 Å². The molecular formula is C22H24N2O4S2. The smallest absolute Gasteiger partial charge is 0.250 e. The number of ether oxygens (including phenoxy) is 1. The fraction of sp³-hybridized carbons (Fsp3) is 0.409. The van der Waals surface area contributed by atoms with Crippen molar-refractivity contribution >= 4 is 39.1 Å². The maximum absolute atomic E-state index is 13.5. The molecule has 1 amide bonds. The topological polar surface area (TPSA) is 75.7 Å². The lowest BCUT2D eigenvalue weighted by Crippen LogP contribution is -2.42. The van der Waals surface area contributed by atoms with Crippen LogP contribution in [0.5, 0.6) is 5.75 Å². The lowest BCUT2D eigenvalue weighted by atomic mass is 10.1. The van der Waals surface area contributed by atoms with Gasteiger partial charge in [0.1, 0.15) is 11.9 Å². The first-order valence-corrected chi connectivity index (χ1v) is 12.7. The van der Waals surface area contributed by atoms with E-state index in [1.54, 1.807) is 12.1 Å². The second kappa shape index (κ2) is 6.92. The third-order valence-corrected chi connectivity index (χ3v) is 10.0. The van der Waals surface area contributed by atoms with Gasteiger partial charge in [-0.05, 0) is 55.7 Å². The molecule has 0 aromatic heterocycles. The number of anilines is 2. The van der Waals surface area contributed by atoms with Gasteiger partial charge in [-0.2, -0.15) is 11.8 Å². The van der Waals surface area contributed by atoms with Crippen molar-refractivity contribution in [3.8, 4) is 5.75 Å². The summed E-state index contributed by atoms with van der Waals surface area (Å²) >= 11 is 1.85. The first-order chi connectivity index (χ1) is 14.3. The lowest BCUT2D eigenvalue weighted by Gasteiger charge is -2.26. The van der Waals surface area contributed by atoms with Crippen LogP contribution in [0.2, 0.25) is 0 Å². The van der Waals surface area contributed by atoms with Crippen LogP contribution in [0.3, 0.4) is 0 Å². The lowest BCUT2D eigenvalue weighted by molar-refractivity contribution is -0.116. The van der Waals surface area contributed by atoms with E-state index in [0.717, 1.165) is 28.4 Å². The van der Waals surface area contributed by atoms with Crippen molar-refractivity contribution in [2.75, 3.05) is 27.7 Å². The largest absolute Gasteiger partial charge is 0.489 e. The number of amides is 1. The molecule has 1 N–H and O–H groups in total. The molecule has 2 atom stereocenters. The number of para-hydroxylation sites is 1. The fourth-order valence-corrected chi connectivity index (χ4v) is 7.52. The zero-order valence-electron chi connectivity index (χ0n) is 16.9. The highest BCUT2D eigenvalue weighted by Crippen LogP contribution is 2.59. The average molecular weight is 445 g/mol. The van der Waals surface area contributed by atoms with Crippen LogP contribution in [0.25, 0.3) is 0 Å². The molecule has 0 radical (unpaired) electrons. The molecule has 30 heavy (non-hydrogen) atoms. The molecule has 2 saturated heterocycles. The van der Waals surface area contributed by atoms with Crippen molar-refractivity contribution in [2.24, 2.45) is 5.92 Å². The number of rotatable bonds is 5. The number of thioether (sulfide) groups is 1. The number of sulfonamides is 1. The van der Waals surface area contributed by atoms with Crippen LogP contribution in [-0.4, -0.2) is 43.2 Å². The van der Waals surface area contributed by atoms with Crippen molar-refractivity contribution in [3.05, 3.63) is 53.6 Å². The maximum atomic E-state index is 13.5. The number of aryl methyl sites for hydroxylation is 2. The Morgan fingerprint density at radius 3 is 2.40 bits per heavy atom. The van der Waals surface area contributed by atoms with Gasteiger partial charge < -0.3 is 10.1 Å². The molecule has 1 aliphatic carbocycles. The van der Waals surface area contributed by atoms with Crippen molar-refractivity contribution < 1.29 is 17.9 Å². The van der Waals surface area contributed by atoms with Crippen molar-refractivity contribution in [1.82, 2.24) is 0 Å². The van der Waals surface area contributed by atoms with E-state index in [-0.39, 0.29) is 12.0 Å². The first-order valence-electron chi connectivity index (χ1n) is 10.1. The molecule has 0 spiro atoms. The zero-order chi connectivity index (χ0) is 21.1. The molecule has 2 aliphatic heterocycles. The molecule has 8 heteroatoms. The molecule has 3 fully saturated rings. The highest BCUT2D eigenvalue weighted by molar-refractivity contribution is 8.00. The minimum atomic E-state index is -3.80. The van der Waals surface area contributed by atoms with Crippen LogP contribution in [-0.2, 0) is 14.8 Å². The van der Waals surface area contributed by atoms with Gasteiger partial charge >= 0.3 is 0 Å². The third kappa shape index (κ3) is 2.92. The predicted molar refractivity (Wildman–Crippen MR) is 120 cm³/mol. The molecule has 158 valence electrons. The van der Waals surface area contributed by atoms with Gasteiger partial charge in [-0.1, -0.05) is 18.2 Å². The standard InChI is InChI=1S/C22H24N2O4S2/c1-14-4-3-5-15(2)20(14)24-11-16-10-22(16,30(24,26)27)21(25)23-17-6-8-18(9-7-17)28-19-12-29-13-19/h3-9,16,19H,10-13H2,1-2H3,(H,23,25)/t16-,22+/m0/s1. The molecule has 5 rings (SSSR count). The number of carbonyl (C=O) groups excluding carboxylic acids is 1. The van der Waals surface area contributed by atoms with Crippen LogP contribution in [0.15, 0.2) is 42.5 Å². The summed E-state index contributed by atoms with van der Waals surface area (Å²) in [5, 5.41) is 2.83. The number of nitrogens with zero attached hydrogens (tertiary/aromatic N) is 1. The van der Waals surface area contributed by atoms with Gasteiger partial charge in [0.2, 0.25) is 15.9 Å². The summed E-state index contributed by atoms with van der Waals surface area (Å²) in [6, 6.07) is 12.9. The Bertz CT molecular complexity index is 1090. The summed E-state index contributed by atoms with van der Waals surface area (Å²) in [7, 11) is -3.80. The molecular weight excluding hydrogens is 420 g/mol. The summed E-state index contributed by atoms with van der Waals surface area (Å²) in [4.78, 5) is 13.1. The third-order valence-electron chi connectivity index (χ3n) is 6.28. The predicted octanol–water partition coefficient (Wildman–Crippen LogP) is 3.34. The van der Waals surface area contributed by atoms with E-state index in [1.165, 1.54) is 4.31 Å². The van der Waals surface area contributed by atoms with Crippen LogP contribution in [0.4, 0.5) is 11.4 Å². The van der Waals surface area contributed by atoms with E-state index in [4.69, 9.17) is 4.74 Å². The van der Waals surface area contributed by atoms with E-state index in [2.05, 4.69) is 5.32 Å². The second-order valence-corrected chi connectivity index (χ2v) is 11.5. The minimum absolute atomic E-state index is 0.180. The van der Waals surface area contributed by atoms with Gasteiger partial charge in [0.25, 0.3) is 0 Å². The number of fused-ring (bicyclic) bond motifs is 1. The Morgan fingerprint density at radius 2 is 1.80 bits per heavy atom. The highest BCUT2D eigenvalue weighted by Gasteiger charge is 2.75.